The molecule has 14 heavy (non-hydrogen) atoms. The van der Waals surface area contributed by atoms with Crippen LogP contribution in [0.15, 0.2) is 24.3 Å². The van der Waals surface area contributed by atoms with Crippen LogP contribution in [-0.4, -0.2) is 25.1 Å². The lowest BCUT2D eigenvalue weighted by atomic mass is 10.1. The van der Waals surface area contributed by atoms with E-state index in [1.807, 2.05) is 31.2 Å². The third-order valence-corrected chi connectivity index (χ3v) is 2.19. The van der Waals surface area contributed by atoms with E-state index in [0.29, 0.717) is 5.56 Å². The monoisotopic (exact) mass is 193 g/mol. The van der Waals surface area contributed by atoms with Gasteiger partial charge in [-0.15, -0.1) is 0 Å². The molecule has 0 radical (unpaired) electrons. The average Bonchev–Trinajstić information content (AvgIpc) is 2.26. The van der Waals surface area contributed by atoms with Crippen LogP contribution < -0.4 is 0 Å². The molecule has 0 aliphatic carbocycles. The third-order valence-electron chi connectivity index (χ3n) is 2.19. The summed E-state index contributed by atoms with van der Waals surface area (Å²) in [5, 5.41) is 1.23. The molecule has 1 amide bonds. The quantitative estimate of drug-likeness (QED) is 0.686. The van der Waals surface area contributed by atoms with Gasteiger partial charge in [0.05, 0.1) is 7.11 Å². The van der Waals surface area contributed by atoms with E-state index in [1.54, 1.807) is 7.05 Å². The lowest BCUT2D eigenvalue weighted by Gasteiger charge is -2.15. The summed E-state index contributed by atoms with van der Waals surface area (Å²) >= 11 is 0. The van der Waals surface area contributed by atoms with Crippen molar-refractivity contribution in [3.05, 3.63) is 35.4 Å². The molecule has 0 unspecified atom stereocenters. The highest BCUT2D eigenvalue weighted by Gasteiger charge is 2.13. The fourth-order valence-corrected chi connectivity index (χ4v) is 1.29. The van der Waals surface area contributed by atoms with Crippen molar-refractivity contribution in [2.45, 2.75) is 13.3 Å². The fourth-order valence-electron chi connectivity index (χ4n) is 1.29. The molecule has 0 aliphatic rings. The molecule has 0 aliphatic heterocycles. The number of hydrogen-bond acceptors (Lipinski definition) is 2. The van der Waals surface area contributed by atoms with Crippen LogP contribution in [0.4, 0.5) is 0 Å². The van der Waals surface area contributed by atoms with E-state index >= 15 is 0 Å². The predicted octanol–water partition coefficient (Wildman–Crippen LogP) is 1.88. The normalized spacial score (nSPS) is 9.93. The molecule has 1 aromatic carbocycles. The summed E-state index contributed by atoms with van der Waals surface area (Å²) < 4.78 is 0. The minimum atomic E-state index is -0.107. The molecule has 0 saturated carbocycles. The Bertz CT molecular complexity index is 323. The van der Waals surface area contributed by atoms with Crippen LogP contribution in [0.2, 0.25) is 0 Å². The van der Waals surface area contributed by atoms with E-state index in [4.69, 9.17) is 4.84 Å². The number of hydrogen-bond donors (Lipinski definition) is 0. The lowest BCUT2D eigenvalue weighted by molar-refractivity contribution is -0.0757. The molecule has 0 heterocycles. The molecule has 1 aromatic rings. The number of nitrogens with zero attached hydrogens (tertiary/aromatic N) is 1. The van der Waals surface area contributed by atoms with E-state index in [-0.39, 0.29) is 5.91 Å². The van der Waals surface area contributed by atoms with E-state index in [9.17, 15) is 4.79 Å². The molecule has 76 valence electrons. The zero-order valence-corrected chi connectivity index (χ0v) is 8.78. The maximum Gasteiger partial charge on any atom is 0.277 e. The molecule has 0 bridgehead atoms. The Kier molecular flexibility index (Phi) is 3.65. The predicted molar refractivity (Wildman–Crippen MR) is 54.9 cm³/mol. The van der Waals surface area contributed by atoms with Gasteiger partial charge in [-0.1, -0.05) is 25.1 Å². The van der Waals surface area contributed by atoms with Gasteiger partial charge in [0.2, 0.25) is 0 Å². The Hall–Kier alpha value is -1.35. The largest absolute Gasteiger partial charge is 0.277 e. The molecule has 0 aromatic heterocycles. The van der Waals surface area contributed by atoms with Gasteiger partial charge < -0.3 is 0 Å². The molecule has 3 nitrogen and oxygen atoms in total. The Labute approximate surface area is 84.2 Å². The number of rotatable bonds is 3. The molecule has 0 fully saturated rings. The number of benzene rings is 1. The van der Waals surface area contributed by atoms with Gasteiger partial charge in [0.1, 0.15) is 0 Å². The van der Waals surface area contributed by atoms with Crippen LogP contribution in [0.5, 0.6) is 0 Å². The third kappa shape index (κ3) is 2.12. The Morgan fingerprint density at radius 3 is 2.64 bits per heavy atom. The lowest BCUT2D eigenvalue weighted by Crippen LogP contribution is -2.26. The van der Waals surface area contributed by atoms with Crippen molar-refractivity contribution in [1.82, 2.24) is 5.06 Å². The van der Waals surface area contributed by atoms with Crippen LogP contribution in [0.3, 0.4) is 0 Å². The maximum atomic E-state index is 11.8. The second-order valence-corrected chi connectivity index (χ2v) is 3.00. The smallest absolute Gasteiger partial charge is 0.274 e. The second kappa shape index (κ2) is 4.77. The van der Waals surface area contributed by atoms with E-state index in [0.717, 1.165) is 12.0 Å². The first-order valence-electron chi connectivity index (χ1n) is 4.60. The summed E-state index contributed by atoms with van der Waals surface area (Å²) in [6.45, 7) is 2.03. The highest BCUT2D eigenvalue weighted by Crippen LogP contribution is 2.11. The Morgan fingerprint density at radius 2 is 2.07 bits per heavy atom. The SMILES string of the molecule is CCc1ccccc1C(=O)N(C)OC. The standard InChI is InChI=1S/C11H15NO2/c1-4-9-7-5-6-8-10(9)11(13)12(2)14-3/h5-8H,4H2,1-3H3. The van der Waals surface area contributed by atoms with Gasteiger partial charge in [-0.25, -0.2) is 5.06 Å². The summed E-state index contributed by atoms with van der Waals surface area (Å²) in [6, 6.07) is 7.56. The van der Waals surface area contributed by atoms with Crippen molar-refractivity contribution in [1.29, 1.82) is 0 Å². The van der Waals surface area contributed by atoms with E-state index in [1.165, 1.54) is 12.2 Å². The Morgan fingerprint density at radius 1 is 1.43 bits per heavy atom. The molecular weight excluding hydrogens is 178 g/mol. The van der Waals surface area contributed by atoms with Crippen molar-refractivity contribution in [3.8, 4) is 0 Å². The fraction of sp³-hybridized carbons (Fsp3) is 0.364. The second-order valence-electron chi connectivity index (χ2n) is 3.00. The van der Waals surface area contributed by atoms with Crippen LogP contribution >= 0.6 is 0 Å². The zero-order valence-electron chi connectivity index (χ0n) is 8.78. The number of amides is 1. The van der Waals surface area contributed by atoms with Crippen molar-refractivity contribution >= 4 is 5.91 Å². The maximum absolute atomic E-state index is 11.8. The van der Waals surface area contributed by atoms with Crippen LogP contribution in [0, 0.1) is 0 Å². The summed E-state index contributed by atoms with van der Waals surface area (Å²) in [7, 11) is 3.08. The van der Waals surface area contributed by atoms with Gasteiger partial charge >= 0.3 is 0 Å². The highest BCUT2D eigenvalue weighted by molar-refractivity contribution is 5.94. The minimum absolute atomic E-state index is 0.107. The van der Waals surface area contributed by atoms with Crippen LogP contribution in [0.1, 0.15) is 22.8 Å². The topological polar surface area (TPSA) is 29.5 Å². The first kappa shape index (κ1) is 10.7. The number of hydroxylamine groups is 2. The van der Waals surface area contributed by atoms with Crippen LogP contribution in [0.25, 0.3) is 0 Å². The summed E-state index contributed by atoms with van der Waals surface area (Å²) in [5.74, 6) is -0.107. The van der Waals surface area contributed by atoms with Gasteiger partial charge in [0.25, 0.3) is 5.91 Å². The van der Waals surface area contributed by atoms with Gasteiger partial charge in [-0.3, -0.25) is 9.63 Å². The van der Waals surface area contributed by atoms with E-state index in [2.05, 4.69) is 0 Å². The molecule has 0 N–H and O–H groups in total. The van der Waals surface area contributed by atoms with Crippen LogP contribution in [-0.2, 0) is 11.3 Å². The molecule has 0 spiro atoms. The first-order valence-corrected chi connectivity index (χ1v) is 4.60. The summed E-state index contributed by atoms with van der Waals surface area (Å²) in [4.78, 5) is 16.6. The van der Waals surface area contributed by atoms with Gasteiger partial charge in [0.15, 0.2) is 0 Å². The summed E-state index contributed by atoms with van der Waals surface area (Å²) in [5.41, 5.74) is 1.75. The zero-order chi connectivity index (χ0) is 10.6. The molecule has 0 saturated heterocycles. The number of carbonyl (C=O) groups is 1. The molecule has 3 heteroatoms. The number of aryl methyl sites for hydroxylation is 1. The number of carbonyl (C=O) groups excluding carboxylic acids is 1. The van der Waals surface area contributed by atoms with Gasteiger partial charge in [-0.2, -0.15) is 0 Å². The minimum Gasteiger partial charge on any atom is -0.274 e. The van der Waals surface area contributed by atoms with Crippen molar-refractivity contribution in [2.24, 2.45) is 0 Å². The van der Waals surface area contributed by atoms with Crippen molar-refractivity contribution in [3.63, 3.8) is 0 Å². The van der Waals surface area contributed by atoms with Crippen molar-refractivity contribution < 1.29 is 9.63 Å². The molecule has 1 rings (SSSR count). The van der Waals surface area contributed by atoms with E-state index < -0.39 is 0 Å². The average molecular weight is 193 g/mol. The summed E-state index contributed by atoms with van der Waals surface area (Å²) in [6.07, 6.45) is 0.847. The molecular formula is C11H15NO2. The highest BCUT2D eigenvalue weighted by atomic mass is 16.7. The first-order chi connectivity index (χ1) is 6.70. The molecule has 0 atom stereocenters. The Balaban J connectivity index is 3.00. The van der Waals surface area contributed by atoms with Gasteiger partial charge in [0, 0.05) is 12.6 Å². The van der Waals surface area contributed by atoms with Gasteiger partial charge in [-0.05, 0) is 18.1 Å². The van der Waals surface area contributed by atoms with Crippen molar-refractivity contribution in [2.75, 3.05) is 14.2 Å².